The monoisotopic (exact) mass is 187 g/mol. The first-order valence-corrected chi connectivity index (χ1v) is 4.25. The first kappa shape index (κ1) is 8.62. The van der Waals surface area contributed by atoms with Gasteiger partial charge in [-0.2, -0.15) is 0 Å². The number of nitrogens with zero attached hydrogens (tertiary/aromatic N) is 2. The third-order valence-corrected chi connectivity index (χ3v) is 1.84. The van der Waals surface area contributed by atoms with Crippen molar-refractivity contribution in [2.24, 2.45) is 0 Å². The average molecular weight is 187 g/mol. The molecule has 0 saturated carbocycles. The van der Waals surface area contributed by atoms with Crippen molar-refractivity contribution in [1.82, 2.24) is 15.0 Å². The summed E-state index contributed by atoms with van der Waals surface area (Å²) in [4.78, 5) is 22.0. The fraction of sp³-hybridized carbons (Fsp3) is 0.100. The van der Waals surface area contributed by atoms with Crippen molar-refractivity contribution in [3.05, 3.63) is 36.4 Å². The molecule has 1 N–H and O–H groups in total. The highest BCUT2D eigenvalue weighted by Gasteiger charge is 2.05. The topological polar surface area (TPSA) is 58.6 Å². The summed E-state index contributed by atoms with van der Waals surface area (Å²) in [6.07, 6.45) is 3.39. The van der Waals surface area contributed by atoms with Gasteiger partial charge in [-0.1, -0.05) is 0 Å². The minimum atomic E-state index is -0.126. The van der Waals surface area contributed by atoms with Crippen molar-refractivity contribution in [1.29, 1.82) is 0 Å². The van der Waals surface area contributed by atoms with E-state index in [4.69, 9.17) is 0 Å². The van der Waals surface area contributed by atoms with Crippen LogP contribution < -0.4 is 0 Å². The van der Waals surface area contributed by atoms with Crippen molar-refractivity contribution in [3.8, 4) is 11.4 Å². The molecule has 0 atom stereocenters. The van der Waals surface area contributed by atoms with Gasteiger partial charge in [-0.05, 0) is 18.2 Å². The maximum atomic E-state index is 11.0. The van der Waals surface area contributed by atoms with Crippen molar-refractivity contribution in [2.45, 2.75) is 6.92 Å². The summed E-state index contributed by atoms with van der Waals surface area (Å²) in [7, 11) is 0. The average Bonchev–Trinajstić information content (AvgIpc) is 2.71. The number of ketones is 1. The zero-order valence-electron chi connectivity index (χ0n) is 7.69. The summed E-state index contributed by atoms with van der Waals surface area (Å²) in [6.45, 7) is 1.45. The molecule has 0 aliphatic carbocycles. The number of aromatic nitrogens is 3. The molecule has 0 saturated heterocycles. The molecule has 2 aromatic rings. The SMILES string of the molecule is CC(=O)c1nccc(-c2ccc[nH]2)n1. The van der Waals surface area contributed by atoms with Crippen molar-refractivity contribution < 1.29 is 4.79 Å². The van der Waals surface area contributed by atoms with E-state index >= 15 is 0 Å². The molecule has 0 radical (unpaired) electrons. The zero-order chi connectivity index (χ0) is 9.97. The standard InChI is InChI=1S/C10H9N3O/c1-7(14)10-12-6-4-9(13-10)8-3-2-5-11-8/h2-6,11H,1H3. The Morgan fingerprint density at radius 3 is 2.93 bits per heavy atom. The van der Waals surface area contributed by atoms with E-state index in [1.165, 1.54) is 6.92 Å². The molecule has 4 heteroatoms. The molecular weight excluding hydrogens is 178 g/mol. The zero-order valence-corrected chi connectivity index (χ0v) is 7.69. The second-order valence-corrected chi connectivity index (χ2v) is 2.91. The van der Waals surface area contributed by atoms with Crippen LogP contribution in [0.3, 0.4) is 0 Å². The largest absolute Gasteiger partial charge is 0.360 e. The normalized spacial score (nSPS) is 10.1. The number of Topliss-reactive ketones (excluding diaryl/α,β-unsaturated/α-hetero) is 1. The molecular formula is C10H9N3O. The summed E-state index contributed by atoms with van der Waals surface area (Å²) in [5.74, 6) is 0.121. The van der Waals surface area contributed by atoms with Gasteiger partial charge in [0, 0.05) is 19.3 Å². The summed E-state index contributed by atoms with van der Waals surface area (Å²) in [6, 6.07) is 5.54. The lowest BCUT2D eigenvalue weighted by Gasteiger charge is -1.98. The summed E-state index contributed by atoms with van der Waals surface area (Å²) in [5.41, 5.74) is 1.62. The molecule has 2 heterocycles. The molecule has 4 nitrogen and oxygen atoms in total. The maximum Gasteiger partial charge on any atom is 0.196 e. The molecule has 2 rings (SSSR count). The minimum absolute atomic E-state index is 0.126. The highest BCUT2D eigenvalue weighted by atomic mass is 16.1. The number of carbonyl (C=O) groups is 1. The Morgan fingerprint density at radius 2 is 2.29 bits per heavy atom. The van der Waals surface area contributed by atoms with Gasteiger partial charge >= 0.3 is 0 Å². The van der Waals surface area contributed by atoms with Gasteiger partial charge in [-0.15, -0.1) is 0 Å². The first-order chi connectivity index (χ1) is 6.77. The molecule has 0 unspecified atom stereocenters. The Hall–Kier alpha value is -1.97. The molecule has 14 heavy (non-hydrogen) atoms. The Kier molecular flexibility index (Phi) is 2.10. The van der Waals surface area contributed by atoms with Gasteiger partial charge in [-0.3, -0.25) is 4.79 Å². The van der Waals surface area contributed by atoms with Gasteiger partial charge in [-0.25, -0.2) is 9.97 Å². The summed E-state index contributed by atoms with van der Waals surface area (Å²) in [5, 5.41) is 0. The van der Waals surface area contributed by atoms with E-state index in [-0.39, 0.29) is 11.6 Å². The predicted octanol–water partition coefficient (Wildman–Crippen LogP) is 1.67. The first-order valence-electron chi connectivity index (χ1n) is 4.25. The lowest BCUT2D eigenvalue weighted by molar-refractivity contribution is 0.100. The van der Waals surface area contributed by atoms with Gasteiger partial charge in [0.15, 0.2) is 11.6 Å². The van der Waals surface area contributed by atoms with E-state index in [0.29, 0.717) is 0 Å². The number of carbonyl (C=O) groups excluding carboxylic acids is 1. The third-order valence-electron chi connectivity index (χ3n) is 1.84. The Morgan fingerprint density at radius 1 is 1.43 bits per heavy atom. The number of hydrogen-bond donors (Lipinski definition) is 1. The van der Waals surface area contributed by atoms with Gasteiger partial charge < -0.3 is 4.98 Å². The smallest absolute Gasteiger partial charge is 0.196 e. The van der Waals surface area contributed by atoms with E-state index in [1.54, 1.807) is 12.3 Å². The van der Waals surface area contributed by atoms with Crippen LogP contribution in [-0.4, -0.2) is 20.7 Å². The molecule has 0 aliphatic rings. The number of hydrogen-bond acceptors (Lipinski definition) is 3. The van der Waals surface area contributed by atoms with Crippen LogP contribution in [0.2, 0.25) is 0 Å². The lowest BCUT2D eigenvalue weighted by Crippen LogP contribution is -2.01. The van der Waals surface area contributed by atoms with E-state index in [1.807, 2.05) is 18.3 Å². The van der Waals surface area contributed by atoms with Crippen LogP contribution in [0.4, 0.5) is 0 Å². The Balaban J connectivity index is 2.46. The van der Waals surface area contributed by atoms with Crippen LogP contribution in [0, 0.1) is 0 Å². The van der Waals surface area contributed by atoms with Crippen molar-refractivity contribution >= 4 is 5.78 Å². The second kappa shape index (κ2) is 3.41. The van der Waals surface area contributed by atoms with E-state index < -0.39 is 0 Å². The minimum Gasteiger partial charge on any atom is -0.360 e. The fourth-order valence-electron chi connectivity index (χ4n) is 1.17. The van der Waals surface area contributed by atoms with Crippen molar-refractivity contribution in [2.75, 3.05) is 0 Å². The molecule has 0 bridgehead atoms. The van der Waals surface area contributed by atoms with Crippen molar-refractivity contribution in [3.63, 3.8) is 0 Å². The van der Waals surface area contributed by atoms with Crippen LogP contribution in [-0.2, 0) is 0 Å². The highest BCUT2D eigenvalue weighted by molar-refractivity contribution is 5.90. The van der Waals surface area contributed by atoms with Gasteiger partial charge in [0.2, 0.25) is 0 Å². The number of nitrogens with one attached hydrogen (secondary N) is 1. The van der Waals surface area contributed by atoms with Gasteiger partial charge in [0.25, 0.3) is 0 Å². The molecule has 0 amide bonds. The van der Waals surface area contributed by atoms with E-state index in [0.717, 1.165) is 11.4 Å². The van der Waals surface area contributed by atoms with Crippen LogP contribution in [0.25, 0.3) is 11.4 Å². The van der Waals surface area contributed by atoms with Crippen LogP contribution >= 0.6 is 0 Å². The van der Waals surface area contributed by atoms with Crippen LogP contribution in [0.5, 0.6) is 0 Å². The Bertz CT molecular complexity index is 448. The molecule has 70 valence electrons. The second-order valence-electron chi connectivity index (χ2n) is 2.91. The Labute approximate surface area is 81.0 Å². The number of aromatic amines is 1. The van der Waals surface area contributed by atoms with Gasteiger partial charge in [0.05, 0.1) is 11.4 Å². The lowest BCUT2D eigenvalue weighted by atomic mass is 10.3. The maximum absolute atomic E-state index is 11.0. The fourth-order valence-corrected chi connectivity index (χ4v) is 1.17. The molecule has 0 spiro atoms. The molecule has 0 aliphatic heterocycles. The van der Waals surface area contributed by atoms with E-state index in [2.05, 4.69) is 15.0 Å². The molecule has 0 aromatic carbocycles. The number of rotatable bonds is 2. The number of H-pyrrole nitrogens is 1. The van der Waals surface area contributed by atoms with E-state index in [9.17, 15) is 4.79 Å². The quantitative estimate of drug-likeness (QED) is 0.727. The van der Waals surface area contributed by atoms with Crippen LogP contribution in [0.15, 0.2) is 30.6 Å². The summed E-state index contributed by atoms with van der Waals surface area (Å²) < 4.78 is 0. The molecule has 0 fully saturated rings. The highest BCUT2D eigenvalue weighted by Crippen LogP contribution is 2.12. The van der Waals surface area contributed by atoms with Gasteiger partial charge in [0.1, 0.15) is 0 Å². The third kappa shape index (κ3) is 1.54. The molecule has 2 aromatic heterocycles. The predicted molar refractivity (Wildman–Crippen MR) is 51.8 cm³/mol. The van der Waals surface area contributed by atoms with Crippen LogP contribution in [0.1, 0.15) is 17.5 Å². The summed E-state index contributed by atoms with van der Waals surface area (Å²) >= 11 is 0.